The van der Waals surface area contributed by atoms with Crippen molar-refractivity contribution in [3.63, 3.8) is 0 Å². The van der Waals surface area contributed by atoms with E-state index in [4.69, 9.17) is 0 Å². The zero-order valence-electron chi connectivity index (χ0n) is 19.3. The SMILES string of the molecule is CCCNC(=O)[C@@H](C)N(Cc1ccc(F)cc1)C(=O)CCCN(C)S(=O)(=O)c1ccccc1. The molecule has 0 aliphatic rings. The predicted octanol–water partition coefficient (Wildman–Crippen LogP) is 3.17. The van der Waals surface area contributed by atoms with Gasteiger partial charge in [-0.2, -0.15) is 0 Å². The van der Waals surface area contributed by atoms with E-state index < -0.39 is 16.1 Å². The molecule has 2 rings (SSSR count). The largest absolute Gasteiger partial charge is 0.354 e. The van der Waals surface area contributed by atoms with E-state index in [1.807, 2.05) is 6.92 Å². The van der Waals surface area contributed by atoms with Gasteiger partial charge in [0.05, 0.1) is 4.90 Å². The fraction of sp³-hybridized carbons (Fsp3) is 0.417. The highest BCUT2D eigenvalue weighted by molar-refractivity contribution is 7.89. The Kier molecular flexibility index (Phi) is 9.99. The molecule has 0 fully saturated rings. The number of amides is 2. The minimum Gasteiger partial charge on any atom is -0.354 e. The maximum absolute atomic E-state index is 13.3. The molecule has 2 aromatic carbocycles. The lowest BCUT2D eigenvalue weighted by atomic mass is 10.1. The van der Waals surface area contributed by atoms with Crippen LogP contribution in [0.5, 0.6) is 0 Å². The average molecular weight is 478 g/mol. The molecule has 0 unspecified atom stereocenters. The Hall–Kier alpha value is -2.78. The molecule has 0 saturated heterocycles. The lowest BCUT2D eigenvalue weighted by Crippen LogP contribution is -2.47. The highest BCUT2D eigenvalue weighted by atomic mass is 32.2. The maximum atomic E-state index is 13.3. The summed E-state index contributed by atoms with van der Waals surface area (Å²) in [4.78, 5) is 27.2. The number of hydrogen-bond donors (Lipinski definition) is 1. The lowest BCUT2D eigenvalue weighted by molar-refractivity contribution is -0.140. The molecule has 0 spiro atoms. The van der Waals surface area contributed by atoms with Crippen molar-refractivity contribution in [3.05, 3.63) is 66.0 Å². The maximum Gasteiger partial charge on any atom is 0.242 e. The Balaban J connectivity index is 2.05. The number of nitrogens with zero attached hydrogens (tertiary/aromatic N) is 2. The van der Waals surface area contributed by atoms with Gasteiger partial charge in [0.2, 0.25) is 21.8 Å². The van der Waals surface area contributed by atoms with E-state index in [1.165, 1.54) is 40.5 Å². The van der Waals surface area contributed by atoms with Gasteiger partial charge >= 0.3 is 0 Å². The van der Waals surface area contributed by atoms with E-state index in [2.05, 4.69) is 5.32 Å². The highest BCUT2D eigenvalue weighted by Crippen LogP contribution is 2.16. The molecule has 0 aliphatic carbocycles. The molecule has 33 heavy (non-hydrogen) atoms. The molecule has 2 aromatic rings. The van der Waals surface area contributed by atoms with Crippen LogP contribution in [0.2, 0.25) is 0 Å². The molecule has 9 heteroatoms. The average Bonchev–Trinajstić information content (AvgIpc) is 2.82. The molecule has 2 amide bonds. The Labute approximate surface area is 195 Å². The van der Waals surface area contributed by atoms with Crippen molar-refractivity contribution in [2.75, 3.05) is 20.1 Å². The Morgan fingerprint density at radius 2 is 1.70 bits per heavy atom. The summed E-state index contributed by atoms with van der Waals surface area (Å²) >= 11 is 0. The highest BCUT2D eigenvalue weighted by Gasteiger charge is 2.26. The quantitative estimate of drug-likeness (QED) is 0.509. The van der Waals surface area contributed by atoms with Crippen LogP contribution in [0.15, 0.2) is 59.5 Å². The van der Waals surface area contributed by atoms with E-state index in [0.29, 0.717) is 18.5 Å². The lowest BCUT2D eigenvalue weighted by Gasteiger charge is -2.29. The number of carbonyl (C=O) groups excluding carboxylic acids is 2. The Morgan fingerprint density at radius 3 is 2.30 bits per heavy atom. The van der Waals surface area contributed by atoms with Crippen LogP contribution in [-0.2, 0) is 26.2 Å². The monoisotopic (exact) mass is 477 g/mol. The van der Waals surface area contributed by atoms with Gasteiger partial charge in [0.15, 0.2) is 0 Å². The zero-order chi connectivity index (χ0) is 24.4. The van der Waals surface area contributed by atoms with Crippen LogP contribution in [0.25, 0.3) is 0 Å². The summed E-state index contributed by atoms with van der Waals surface area (Å²) in [5, 5.41) is 2.79. The molecule has 0 bridgehead atoms. The van der Waals surface area contributed by atoms with Crippen molar-refractivity contribution in [1.82, 2.24) is 14.5 Å². The molecule has 0 heterocycles. The van der Waals surface area contributed by atoms with Crippen molar-refractivity contribution in [2.24, 2.45) is 0 Å². The minimum atomic E-state index is -3.64. The first kappa shape index (κ1) is 26.5. The first-order valence-corrected chi connectivity index (χ1v) is 12.4. The standard InChI is InChI=1S/C24H32FN3O4S/c1-4-16-26-24(30)19(2)28(18-20-12-14-21(25)15-13-20)23(29)11-8-17-27(3)33(31,32)22-9-6-5-7-10-22/h5-7,9-10,12-15,19H,4,8,11,16-18H2,1-3H3,(H,26,30)/t19-/m1/s1. The molecular formula is C24H32FN3O4S. The van der Waals surface area contributed by atoms with E-state index >= 15 is 0 Å². The van der Waals surface area contributed by atoms with Gasteiger partial charge in [-0.15, -0.1) is 0 Å². The van der Waals surface area contributed by atoms with Gasteiger partial charge in [0.25, 0.3) is 0 Å². The summed E-state index contributed by atoms with van der Waals surface area (Å²) in [6, 6.07) is 13.2. The van der Waals surface area contributed by atoms with E-state index in [0.717, 1.165) is 6.42 Å². The summed E-state index contributed by atoms with van der Waals surface area (Å²) in [5.74, 6) is -0.923. The van der Waals surface area contributed by atoms with Crippen LogP contribution < -0.4 is 5.32 Å². The zero-order valence-corrected chi connectivity index (χ0v) is 20.1. The van der Waals surface area contributed by atoms with E-state index in [-0.39, 0.29) is 42.0 Å². The van der Waals surface area contributed by atoms with Gasteiger partial charge in [-0.3, -0.25) is 9.59 Å². The molecule has 0 aromatic heterocycles. The van der Waals surface area contributed by atoms with Gasteiger partial charge in [-0.25, -0.2) is 17.1 Å². The van der Waals surface area contributed by atoms with Crippen molar-refractivity contribution >= 4 is 21.8 Å². The molecule has 1 atom stereocenters. The normalized spacial score (nSPS) is 12.4. The summed E-state index contributed by atoms with van der Waals surface area (Å²) in [5.41, 5.74) is 0.698. The number of hydrogen-bond acceptors (Lipinski definition) is 4. The van der Waals surface area contributed by atoms with Crippen LogP contribution in [-0.4, -0.2) is 55.6 Å². The number of rotatable bonds is 12. The van der Waals surface area contributed by atoms with Crippen molar-refractivity contribution in [3.8, 4) is 0 Å². The second-order valence-electron chi connectivity index (χ2n) is 7.86. The van der Waals surface area contributed by atoms with Crippen molar-refractivity contribution < 1.29 is 22.4 Å². The fourth-order valence-electron chi connectivity index (χ4n) is 3.25. The fourth-order valence-corrected chi connectivity index (χ4v) is 4.48. The summed E-state index contributed by atoms with van der Waals surface area (Å²) in [6.07, 6.45) is 1.14. The molecule has 0 radical (unpaired) electrons. The third kappa shape index (κ3) is 7.64. The summed E-state index contributed by atoms with van der Waals surface area (Å²) < 4.78 is 39.8. The molecule has 7 nitrogen and oxygen atoms in total. The topological polar surface area (TPSA) is 86.8 Å². The third-order valence-electron chi connectivity index (χ3n) is 5.30. The molecular weight excluding hydrogens is 445 g/mol. The smallest absolute Gasteiger partial charge is 0.242 e. The van der Waals surface area contributed by atoms with Gasteiger partial charge in [0, 0.05) is 33.1 Å². The molecule has 1 N–H and O–H groups in total. The number of sulfonamides is 1. The third-order valence-corrected chi connectivity index (χ3v) is 7.17. The first-order chi connectivity index (χ1) is 15.7. The summed E-state index contributed by atoms with van der Waals surface area (Å²) in [6.45, 7) is 4.40. The van der Waals surface area contributed by atoms with E-state index in [9.17, 15) is 22.4 Å². The van der Waals surface area contributed by atoms with Crippen LogP contribution in [0.1, 0.15) is 38.7 Å². The molecule has 0 saturated carbocycles. The van der Waals surface area contributed by atoms with Crippen LogP contribution in [0.3, 0.4) is 0 Å². The van der Waals surface area contributed by atoms with Gasteiger partial charge in [-0.1, -0.05) is 37.3 Å². The first-order valence-electron chi connectivity index (χ1n) is 11.0. The minimum absolute atomic E-state index is 0.0707. The van der Waals surface area contributed by atoms with E-state index in [1.54, 1.807) is 37.3 Å². The van der Waals surface area contributed by atoms with Crippen LogP contribution in [0.4, 0.5) is 4.39 Å². The number of nitrogens with one attached hydrogen (secondary N) is 1. The van der Waals surface area contributed by atoms with Gasteiger partial charge < -0.3 is 10.2 Å². The number of carbonyl (C=O) groups is 2. The van der Waals surface area contributed by atoms with Crippen LogP contribution in [0, 0.1) is 5.82 Å². The summed E-state index contributed by atoms with van der Waals surface area (Å²) in [7, 11) is -2.16. The number of halogens is 1. The van der Waals surface area contributed by atoms with Crippen molar-refractivity contribution in [2.45, 2.75) is 50.6 Å². The van der Waals surface area contributed by atoms with Crippen LogP contribution >= 0.6 is 0 Å². The molecule has 0 aliphatic heterocycles. The predicted molar refractivity (Wildman–Crippen MR) is 125 cm³/mol. The Morgan fingerprint density at radius 1 is 1.06 bits per heavy atom. The second kappa shape index (κ2) is 12.5. The van der Waals surface area contributed by atoms with Crippen molar-refractivity contribution in [1.29, 1.82) is 0 Å². The van der Waals surface area contributed by atoms with Gasteiger partial charge in [0.1, 0.15) is 11.9 Å². The van der Waals surface area contributed by atoms with Gasteiger partial charge in [-0.05, 0) is 49.6 Å². The Bertz CT molecular complexity index is 1010. The second-order valence-corrected chi connectivity index (χ2v) is 9.90. The molecule has 180 valence electrons. The number of benzene rings is 2.